The summed E-state index contributed by atoms with van der Waals surface area (Å²) < 4.78 is 0. The number of rotatable bonds is 5. The minimum Gasteiger partial charge on any atom is -0.350 e. The monoisotopic (exact) mass is 225 g/mol. The summed E-state index contributed by atoms with van der Waals surface area (Å²) in [6.07, 6.45) is 4.23. The number of aryl methyl sites for hydroxylation is 1. The molecule has 2 rings (SSSR count). The molecule has 4 nitrogen and oxygen atoms in total. The Morgan fingerprint density at radius 3 is 3.07 bits per heavy atom. The zero-order valence-corrected chi connectivity index (χ0v) is 9.56. The van der Waals surface area contributed by atoms with Crippen molar-refractivity contribution in [3.8, 4) is 0 Å². The van der Waals surface area contributed by atoms with Crippen molar-refractivity contribution in [2.45, 2.75) is 32.4 Å². The average molecular weight is 225 g/mol. The Hall–Kier alpha value is -0.940. The Morgan fingerprint density at radius 1 is 1.67 bits per heavy atom. The van der Waals surface area contributed by atoms with Gasteiger partial charge in [0.25, 0.3) is 0 Å². The van der Waals surface area contributed by atoms with Crippen LogP contribution in [-0.2, 0) is 11.3 Å². The topological polar surface area (TPSA) is 54.0 Å². The number of nitrogens with one attached hydrogen (secondary N) is 2. The van der Waals surface area contributed by atoms with Crippen molar-refractivity contribution in [3.63, 3.8) is 0 Å². The zero-order valence-electron chi connectivity index (χ0n) is 8.75. The molecule has 1 aromatic heterocycles. The number of hydrogen-bond donors (Lipinski definition) is 2. The van der Waals surface area contributed by atoms with E-state index in [9.17, 15) is 4.79 Å². The van der Waals surface area contributed by atoms with Gasteiger partial charge in [-0.15, -0.1) is 11.3 Å². The molecule has 1 aliphatic carbocycles. The van der Waals surface area contributed by atoms with Crippen LogP contribution < -0.4 is 10.6 Å². The maximum atomic E-state index is 11.4. The van der Waals surface area contributed by atoms with Gasteiger partial charge < -0.3 is 10.6 Å². The van der Waals surface area contributed by atoms with Crippen LogP contribution in [0.4, 0.5) is 0 Å². The van der Waals surface area contributed by atoms with Gasteiger partial charge in [-0.05, 0) is 19.8 Å². The van der Waals surface area contributed by atoms with Crippen LogP contribution in [0.2, 0.25) is 0 Å². The molecular weight excluding hydrogens is 210 g/mol. The lowest BCUT2D eigenvalue weighted by molar-refractivity contribution is -0.120. The number of amides is 1. The van der Waals surface area contributed by atoms with E-state index in [1.807, 2.05) is 13.1 Å². The van der Waals surface area contributed by atoms with Crippen LogP contribution in [0.15, 0.2) is 6.20 Å². The molecule has 0 bridgehead atoms. The smallest absolute Gasteiger partial charge is 0.234 e. The fourth-order valence-corrected chi connectivity index (χ4v) is 1.99. The first-order chi connectivity index (χ1) is 7.24. The Labute approximate surface area is 93.1 Å². The molecule has 0 spiro atoms. The van der Waals surface area contributed by atoms with E-state index in [2.05, 4.69) is 15.6 Å². The molecule has 2 N–H and O–H groups in total. The number of nitrogens with zero attached hydrogens (tertiary/aromatic N) is 1. The van der Waals surface area contributed by atoms with Crippen LogP contribution in [0, 0.1) is 6.92 Å². The van der Waals surface area contributed by atoms with Gasteiger partial charge >= 0.3 is 0 Å². The molecule has 0 unspecified atom stereocenters. The molecule has 1 heterocycles. The highest BCUT2D eigenvalue weighted by Gasteiger charge is 2.20. The summed E-state index contributed by atoms with van der Waals surface area (Å²) in [5, 5.41) is 7.08. The van der Waals surface area contributed by atoms with Crippen molar-refractivity contribution in [3.05, 3.63) is 16.1 Å². The van der Waals surface area contributed by atoms with Crippen LogP contribution >= 0.6 is 11.3 Å². The summed E-state index contributed by atoms with van der Waals surface area (Å²) >= 11 is 1.62. The van der Waals surface area contributed by atoms with E-state index < -0.39 is 0 Å². The molecule has 0 radical (unpaired) electrons. The highest BCUT2D eigenvalue weighted by atomic mass is 32.1. The molecule has 0 aliphatic heterocycles. The van der Waals surface area contributed by atoms with Crippen molar-refractivity contribution in [2.24, 2.45) is 0 Å². The van der Waals surface area contributed by atoms with Crippen molar-refractivity contribution >= 4 is 17.2 Å². The van der Waals surface area contributed by atoms with E-state index in [-0.39, 0.29) is 5.91 Å². The maximum absolute atomic E-state index is 11.4. The second kappa shape index (κ2) is 4.72. The van der Waals surface area contributed by atoms with E-state index in [1.165, 1.54) is 12.8 Å². The van der Waals surface area contributed by atoms with Crippen LogP contribution in [0.1, 0.15) is 22.7 Å². The van der Waals surface area contributed by atoms with Crippen LogP contribution in [0.3, 0.4) is 0 Å². The quantitative estimate of drug-likeness (QED) is 0.780. The van der Waals surface area contributed by atoms with Gasteiger partial charge in [-0.2, -0.15) is 0 Å². The van der Waals surface area contributed by atoms with Crippen molar-refractivity contribution in [1.29, 1.82) is 0 Å². The molecule has 5 heteroatoms. The third-order valence-corrected chi connectivity index (χ3v) is 3.17. The molecule has 1 amide bonds. The first-order valence-electron chi connectivity index (χ1n) is 5.15. The first-order valence-corrected chi connectivity index (χ1v) is 5.97. The minimum absolute atomic E-state index is 0.0629. The van der Waals surface area contributed by atoms with Gasteiger partial charge in [0, 0.05) is 17.1 Å². The molecular formula is C10H15N3OS. The molecule has 1 aromatic rings. The lowest BCUT2D eigenvalue weighted by atomic mass is 10.5. The van der Waals surface area contributed by atoms with Gasteiger partial charge in [-0.25, -0.2) is 4.98 Å². The largest absolute Gasteiger partial charge is 0.350 e. The zero-order chi connectivity index (χ0) is 10.7. The van der Waals surface area contributed by atoms with E-state index >= 15 is 0 Å². The molecule has 0 saturated heterocycles. The molecule has 82 valence electrons. The molecule has 1 saturated carbocycles. The standard InChI is InChI=1S/C10H15N3OS/c1-7-11-4-9(15-7)5-13-10(14)6-12-8-2-3-8/h4,8,12H,2-3,5-6H2,1H3,(H,13,14). The van der Waals surface area contributed by atoms with Crippen LogP contribution in [0.5, 0.6) is 0 Å². The summed E-state index contributed by atoms with van der Waals surface area (Å²) in [5.41, 5.74) is 0. The molecule has 15 heavy (non-hydrogen) atoms. The van der Waals surface area contributed by atoms with E-state index in [0.717, 1.165) is 9.88 Å². The summed E-state index contributed by atoms with van der Waals surface area (Å²) in [4.78, 5) is 16.6. The summed E-state index contributed by atoms with van der Waals surface area (Å²) in [6.45, 7) is 2.99. The number of hydrogen-bond acceptors (Lipinski definition) is 4. The van der Waals surface area contributed by atoms with Crippen molar-refractivity contribution in [1.82, 2.24) is 15.6 Å². The number of carbonyl (C=O) groups excluding carboxylic acids is 1. The number of thiazole rings is 1. The second-order valence-corrected chi connectivity index (χ2v) is 5.10. The summed E-state index contributed by atoms with van der Waals surface area (Å²) in [6, 6.07) is 0.585. The van der Waals surface area contributed by atoms with Gasteiger partial charge in [-0.1, -0.05) is 0 Å². The van der Waals surface area contributed by atoms with Crippen LogP contribution in [0.25, 0.3) is 0 Å². The van der Waals surface area contributed by atoms with E-state index in [4.69, 9.17) is 0 Å². The fourth-order valence-electron chi connectivity index (χ4n) is 1.26. The van der Waals surface area contributed by atoms with Gasteiger partial charge in [0.1, 0.15) is 0 Å². The SMILES string of the molecule is Cc1ncc(CNC(=O)CNC2CC2)s1. The normalized spacial score (nSPS) is 15.3. The highest BCUT2D eigenvalue weighted by molar-refractivity contribution is 7.11. The van der Waals surface area contributed by atoms with Crippen LogP contribution in [-0.4, -0.2) is 23.5 Å². The molecule has 0 atom stereocenters. The minimum atomic E-state index is 0.0629. The number of aromatic nitrogens is 1. The van der Waals surface area contributed by atoms with E-state index in [1.54, 1.807) is 11.3 Å². The molecule has 1 aliphatic rings. The Bertz CT molecular complexity index is 346. The maximum Gasteiger partial charge on any atom is 0.234 e. The summed E-state index contributed by atoms with van der Waals surface area (Å²) in [7, 11) is 0. The summed E-state index contributed by atoms with van der Waals surface area (Å²) in [5.74, 6) is 0.0629. The third kappa shape index (κ3) is 3.60. The lowest BCUT2D eigenvalue weighted by Gasteiger charge is -2.03. The Kier molecular flexibility index (Phi) is 3.33. The lowest BCUT2D eigenvalue weighted by Crippen LogP contribution is -2.34. The molecule has 1 fully saturated rings. The van der Waals surface area contributed by atoms with Crippen molar-refractivity contribution < 1.29 is 4.79 Å². The highest BCUT2D eigenvalue weighted by Crippen LogP contribution is 2.17. The Morgan fingerprint density at radius 2 is 2.47 bits per heavy atom. The van der Waals surface area contributed by atoms with Crippen molar-refractivity contribution in [2.75, 3.05) is 6.54 Å². The van der Waals surface area contributed by atoms with Gasteiger partial charge in [0.05, 0.1) is 18.1 Å². The first kappa shape index (κ1) is 10.6. The fraction of sp³-hybridized carbons (Fsp3) is 0.600. The van der Waals surface area contributed by atoms with Gasteiger partial charge in [0.15, 0.2) is 0 Å². The molecule has 0 aromatic carbocycles. The second-order valence-electron chi connectivity index (χ2n) is 3.78. The average Bonchev–Trinajstić information content (AvgIpc) is 2.95. The Balaban J connectivity index is 1.65. The predicted octanol–water partition coefficient (Wildman–Crippen LogP) is 0.820. The van der Waals surface area contributed by atoms with E-state index in [0.29, 0.717) is 19.1 Å². The third-order valence-electron chi connectivity index (χ3n) is 2.26. The number of carbonyl (C=O) groups is 1. The van der Waals surface area contributed by atoms with Gasteiger partial charge in [-0.3, -0.25) is 4.79 Å². The predicted molar refractivity (Wildman–Crippen MR) is 59.7 cm³/mol. The van der Waals surface area contributed by atoms with Gasteiger partial charge in [0.2, 0.25) is 5.91 Å².